The molecule has 6 heteroatoms. The van der Waals surface area contributed by atoms with E-state index in [1.807, 2.05) is 0 Å². The van der Waals surface area contributed by atoms with Gasteiger partial charge in [0.1, 0.15) is 18.1 Å². The van der Waals surface area contributed by atoms with Crippen molar-refractivity contribution in [1.82, 2.24) is 5.32 Å². The quantitative estimate of drug-likeness (QED) is 0.681. The van der Waals surface area contributed by atoms with E-state index in [2.05, 4.69) is 10.1 Å². The SMILES string of the molecule is Cl.O=C1N[C@H](c2cc(O)cc(O)c2)CO1. The summed E-state index contributed by atoms with van der Waals surface area (Å²) in [7, 11) is 0. The fraction of sp³-hybridized carbons (Fsp3) is 0.222. The number of carbonyl (C=O) groups is 1. The highest BCUT2D eigenvalue weighted by Gasteiger charge is 2.24. The Balaban J connectivity index is 0.00000112. The Hall–Kier alpha value is -1.62. The second-order valence-electron chi connectivity index (χ2n) is 3.08. The van der Waals surface area contributed by atoms with E-state index in [1.165, 1.54) is 18.2 Å². The van der Waals surface area contributed by atoms with Gasteiger partial charge in [0.05, 0.1) is 6.04 Å². The molecule has 1 aliphatic rings. The van der Waals surface area contributed by atoms with Crippen LogP contribution in [0.15, 0.2) is 18.2 Å². The molecule has 1 aliphatic heterocycles. The lowest BCUT2D eigenvalue weighted by molar-refractivity contribution is 0.177. The van der Waals surface area contributed by atoms with Gasteiger partial charge in [0.2, 0.25) is 0 Å². The lowest BCUT2D eigenvalue weighted by Gasteiger charge is -2.08. The molecular weight excluding hydrogens is 222 g/mol. The van der Waals surface area contributed by atoms with Crippen molar-refractivity contribution in [2.24, 2.45) is 0 Å². The number of phenolic OH excluding ortho intramolecular Hbond substituents is 2. The summed E-state index contributed by atoms with van der Waals surface area (Å²) in [5, 5.41) is 21.0. The largest absolute Gasteiger partial charge is 0.508 e. The first-order chi connectivity index (χ1) is 6.65. The second kappa shape index (κ2) is 4.27. The van der Waals surface area contributed by atoms with Crippen molar-refractivity contribution >= 4 is 18.5 Å². The molecule has 82 valence electrons. The summed E-state index contributed by atoms with van der Waals surface area (Å²) in [4.78, 5) is 10.7. The summed E-state index contributed by atoms with van der Waals surface area (Å²) in [5.74, 6) is -0.0812. The summed E-state index contributed by atoms with van der Waals surface area (Å²) >= 11 is 0. The first-order valence-electron chi connectivity index (χ1n) is 4.11. The molecule has 1 aromatic carbocycles. The number of halogens is 1. The smallest absolute Gasteiger partial charge is 0.407 e. The maximum atomic E-state index is 10.7. The molecule has 0 spiro atoms. The third kappa shape index (κ3) is 2.44. The molecule has 1 aromatic rings. The molecule has 0 unspecified atom stereocenters. The van der Waals surface area contributed by atoms with Gasteiger partial charge in [-0.25, -0.2) is 4.79 Å². The van der Waals surface area contributed by atoms with Crippen LogP contribution in [0, 0.1) is 0 Å². The van der Waals surface area contributed by atoms with Gasteiger partial charge in [-0.3, -0.25) is 0 Å². The molecule has 1 amide bonds. The Morgan fingerprint density at radius 2 is 1.87 bits per heavy atom. The molecule has 2 rings (SSSR count). The number of ether oxygens (including phenoxy) is 1. The number of benzene rings is 1. The van der Waals surface area contributed by atoms with E-state index in [0.717, 1.165) is 0 Å². The van der Waals surface area contributed by atoms with Gasteiger partial charge in [-0.2, -0.15) is 0 Å². The van der Waals surface area contributed by atoms with Crippen LogP contribution < -0.4 is 5.32 Å². The fourth-order valence-corrected chi connectivity index (χ4v) is 1.38. The Morgan fingerprint density at radius 1 is 1.27 bits per heavy atom. The van der Waals surface area contributed by atoms with Crippen LogP contribution in [-0.2, 0) is 4.74 Å². The molecule has 1 heterocycles. The Morgan fingerprint density at radius 3 is 2.33 bits per heavy atom. The zero-order valence-corrected chi connectivity index (χ0v) is 8.45. The summed E-state index contributed by atoms with van der Waals surface area (Å²) in [5.41, 5.74) is 0.619. The number of alkyl carbamates (subject to hydrolysis) is 1. The van der Waals surface area contributed by atoms with Gasteiger partial charge in [0.15, 0.2) is 0 Å². The third-order valence-electron chi connectivity index (χ3n) is 2.00. The normalized spacial score (nSPS) is 18.9. The van der Waals surface area contributed by atoms with Crippen molar-refractivity contribution in [3.05, 3.63) is 23.8 Å². The Bertz CT molecular complexity index is 362. The number of phenols is 2. The van der Waals surface area contributed by atoms with Crippen LogP contribution in [0.4, 0.5) is 4.79 Å². The first kappa shape index (κ1) is 11.5. The molecule has 1 atom stereocenters. The number of rotatable bonds is 1. The van der Waals surface area contributed by atoms with Gasteiger partial charge in [-0.15, -0.1) is 12.4 Å². The first-order valence-corrected chi connectivity index (χ1v) is 4.11. The number of hydrogen-bond donors (Lipinski definition) is 3. The molecule has 0 aliphatic carbocycles. The Labute approximate surface area is 92.1 Å². The van der Waals surface area contributed by atoms with Gasteiger partial charge in [-0.1, -0.05) is 0 Å². The minimum atomic E-state index is -0.488. The molecule has 1 saturated heterocycles. The minimum Gasteiger partial charge on any atom is -0.508 e. The van der Waals surface area contributed by atoms with Crippen molar-refractivity contribution in [3.8, 4) is 11.5 Å². The third-order valence-corrected chi connectivity index (χ3v) is 2.00. The van der Waals surface area contributed by atoms with Gasteiger partial charge in [0.25, 0.3) is 0 Å². The summed E-state index contributed by atoms with van der Waals surface area (Å²) in [6, 6.07) is 3.86. The number of carbonyl (C=O) groups excluding carboxylic acids is 1. The predicted molar refractivity (Wildman–Crippen MR) is 54.2 cm³/mol. The van der Waals surface area contributed by atoms with Crippen LogP contribution in [0.5, 0.6) is 11.5 Å². The number of aromatic hydroxyl groups is 2. The van der Waals surface area contributed by atoms with E-state index in [9.17, 15) is 15.0 Å². The van der Waals surface area contributed by atoms with E-state index in [1.54, 1.807) is 0 Å². The van der Waals surface area contributed by atoms with Gasteiger partial charge in [-0.05, 0) is 17.7 Å². The Kier molecular flexibility index (Phi) is 3.26. The van der Waals surface area contributed by atoms with Gasteiger partial charge < -0.3 is 20.3 Å². The van der Waals surface area contributed by atoms with Crippen molar-refractivity contribution in [2.45, 2.75) is 6.04 Å². The molecular formula is C9H10ClNO4. The van der Waals surface area contributed by atoms with Crippen molar-refractivity contribution in [2.75, 3.05) is 6.61 Å². The molecule has 0 bridgehead atoms. The monoisotopic (exact) mass is 231 g/mol. The van der Waals surface area contributed by atoms with Crippen LogP contribution in [0.2, 0.25) is 0 Å². The zero-order valence-electron chi connectivity index (χ0n) is 7.64. The standard InChI is InChI=1S/C9H9NO4.ClH/c11-6-1-5(2-7(12)3-6)8-4-14-9(13)10-8;/h1-3,8,11-12H,4H2,(H,10,13);1H/t8-;/m0./s1. The van der Waals surface area contributed by atoms with Crippen LogP contribution in [0.25, 0.3) is 0 Å². The minimum absolute atomic E-state index is 0. The topological polar surface area (TPSA) is 78.8 Å². The lowest BCUT2D eigenvalue weighted by Crippen LogP contribution is -2.18. The summed E-state index contributed by atoms with van der Waals surface area (Å²) in [6.45, 7) is 0.210. The van der Waals surface area contributed by atoms with Gasteiger partial charge in [0, 0.05) is 6.07 Å². The fourth-order valence-electron chi connectivity index (χ4n) is 1.38. The highest BCUT2D eigenvalue weighted by Crippen LogP contribution is 2.26. The second-order valence-corrected chi connectivity index (χ2v) is 3.08. The summed E-state index contributed by atoms with van der Waals surface area (Å²) < 4.78 is 4.69. The van der Waals surface area contributed by atoms with E-state index >= 15 is 0 Å². The molecule has 3 N–H and O–H groups in total. The maximum Gasteiger partial charge on any atom is 0.407 e. The van der Waals surface area contributed by atoms with E-state index in [-0.39, 0.29) is 36.6 Å². The highest BCUT2D eigenvalue weighted by atomic mass is 35.5. The molecule has 15 heavy (non-hydrogen) atoms. The van der Waals surface area contributed by atoms with Crippen LogP contribution in [-0.4, -0.2) is 22.9 Å². The van der Waals surface area contributed by atoms with Crippen LogP contribution >= 0.6 is 12.4 Å². The van der Waals surface area contributed by atoms with E-state index < -0.39 is 6.09 Å². The maximum absolute atomic E-state index is 10.7. The van der Waals surface area contributed by atoms with Crippen molar-refractivity contribution in [3.63, 3.8) is 0 Å². The number of amides is 1. The van der Waals surface area contributed by atoms with Crippen molar-refractivity contribution < 1.29 is 19.7 Å². The van der Waals surface area contributed by atoms with Crippen molar-refractivity contribution in [1.29, 1.82) is 0 Å². The highest BCUT2D eigenvalue weighted by molar-refractivity contribution is 5.85. The van der Waals surface area contributed by atoms with E-state index in [0.29, 0.717) is 5.56 Å². The molecule has 1 fully saturated rings. The lowest BCUT2D eigenvalue weighted by atomic mass is 10.1. The molecule has 0 radical (unpaired) electrons. The van der Waals surface area contributed by atoms with Crippen LogP contribution in [0.1, 0.15) is 11.6 Å². The summed E-state index contributed by atoms with van der Waals surface area (Å²) in [6.07, 6.45) is -0.488. The molecule has 0 saturated carbocycles. The molecule has 5 nitrogen and oxygen atoms in total. The number of cyclic esters (lactones) is 1. The van der Waals surface area contributed by atoms with Crippen LogP contribution in [0.3, 0.4) is 0 Å². The average Bonchev–Trinajstić information content (AvgIpc) is 2.50. The number of hydrogen-bond acceptors (Lipinski definition) is 4. The predicted octanol–water partition coefficient (Wildman–Crippen LogP) is 1.30. The number of nitrogens with one attached hydrogen (secondary N) is 1. The van der Waals surface area contributed by atoms with Gasteiger partial charge >= 0.3 is 6.09 Å². The van der Waals surface area contributed by atoms with E-state index in [4.69, 9.17) is 0 Å². The zero-order chi connectivity index (χ0) is 10.1. The molecule has 0 aromatic heterocycles. The average molecular weight is 232 g/mol.